The number of nitrogens with one attached hydrogen (secondary N) is 1. The van der Waals surface area contributed by atoms with E-state index in [0.717, 1.165) is 47.9 Å². The number of allylic oxidation sites excluding steroid dienone is 1. The molecule has 0 amide bonds. The largest absolute Gasteiger partial charge is 0.487 e. The number of fused-ring (bicyclic) bond motifs is 7. The van der Waals surface area contributed by atoms with Crippen molar-refractivity contribution in [3.63, 3.8) is 0 Å². The SMILES string of the molecule is Cc1ccc2c(c1)OC1CC(c3ccc(N(c4ccccc4)c4ccccc4)cc3Nc3ccccc3)=C3Bc4ccccc4N4C3=C1B2c1ccc(C)cc14. The van der Waals surface area contributed by atoms with Crippen LogP contribution < -0.4 is 36.2 Å². The van der Waals surface area contributed by atoms with Crippen molar-refractivity contribution in [3.8, 4) is 5.75 Å². The molecular formula is C50H39B2N3O. The first kappa shape index (κ1) is 32.8. The summed E-state index contributed by atoms with van der Waals surface area (Å²) >= 11 is 0. The summed E-state index contributed by atoms with van der Waals surface area (Å²) in [6.45, 7) is 4.50. The predicted octanol–water partition coefficient (Wildman–Crippen LogP) is 9.72. The van der Waals surface area contributed by atoms with Crippen LogP contribution >= 0.6 is 0 Å². The molecule has 3 heterocycles. The Hall–Kier alpha value is -6.65. The summed E-state index contributed by atoms with van der Waals surface area (Å²) in [6.07, 6.45) is 0.666. The van der Waals surface area contributed by atoms with Crippen LogP contribution in [0.25, 0.3) is 5.57 Å². The van der Waals surface area contributed by atoms with Crippen LogP contribution in [0.5, 0.6) is 5.75 Å². The number of ether oxygens (including phenoxy) is 1. The van der Waals surface area contributed by atoms with Crippen LogP contribution in [0.3, 0.4) is 0 Å². The molecule has 0 aromatic heterocycles. The molecule has 0 fully saturated rings. The number of benzene rings is 7. The van der Waals surface area contributed by atoms with Gasteiger partial charge in [-0.05, 0) is 114 Å². The molecule has 1 atom stereocenters. The summed E-state index contributed by atoms with van der Waals surface area (Å²) < 4.78 is 7.19. The molecule has 7 aromatic carbocycles. The Kier molecular flexibility index (Phi) is 7.60. The average molecular weight is 720 g/mol. The van der Waals surface area contributed by atoms with E-state index in [1.54, 1.807) is 0 Å². The summed E-state index contributed by atoms with van der Waals surface area (Å²) in [4.78, 5) is 4.91. The maximum atomic E-state index is 7.19. The van der Waals surface area contributed by atoms with Gasteiger partial charge in [0.15, 0.2) is 7.28 Å². The normalized spacial score (nSPS) is 15.9. The number of hydrogen-bond donors (Lipinski definition) is 1. The highest BCUT2D eigenvalue weighted by Crippen LogP contribution is 2.51. The molecule has 7 aromatic rings. The van der Waals surface area contributed by atoms with Gasteiger partial charge in [0.05, 0.1) is 0 Å². The lowest BCUT2D eigenvalue weighted by Crippen LogP contribution is -2.60. The summed E-state index contributed by atoms with van der Waals surface area (Å²) in [5.74, 6) is 1.00. The Morgan fingerprint density at radius 2 is 1.30 bits per heavy atom. The minimum atomic E-state index is -0.111. The maximum absolute atomic E-state index is 7.19. The molecule has 0 saturated carbocycles. The molecule has 4 nitrogen and oxygen atoms in total. The molecule has 4 aliphatic rings. The second kappa shape index (κ2) is 13.0. The number of anilines is 7. The Bertz CT molecular complexity index is 2710. The number of hydrogen-bond acceptors (Lipinski definition) is 4. The quantitative estimate of drug-likeness (QED) is 0.173. The number of nitrogens with zero attached hydrogens (tertiary/aromatic N) is 2. The summed E-state index contributed by atoms with van der Waals surface area (Å²) in [6, 6.07) is 61.6. The average Bonchev–Trinajstić information content (AvgIpc) is 3.23. The van der Waals surface area contributed by atoms with Crippen LogP contribution in [0.1, 0.15) is 23.1 Å². The Morgan fingerprint density at radius 3 is 2.05 bits per heavy atom. The molecule has 1 N–H and O–H groups in total. The lowest BCUT2D eigenvalue weighted by Gasteiger charge is -2.50. The van der Waals surface area contributed by atoms with Gasteiger partial charge in [-0.1, -0.05) is 114 Å². The van der Waals surface area contributed by atoms with Gasteiger partial charge in [0.25, 0.3) is 6.71 Å². The topological polar surface area (TPSA) is 27.7 Å². The maximum Gasteiger partial charge on any atom is 0.251 e. The fraction of sp³-hybridized carbons (Fsp3) is 0.0800. The Morgan fingerprint density at radius 1 is 0.643 bits per heavy atom. The molecule has 0 spiro atoms. The fourth-order valence-corrected chi connectivity index (χ4v) is 9.53. The van der Waals surface area contributed by atoms with E-state index in [1.165, 1.54) is 66.7 Å². The van der Waals surface area contributed by atoms with Crippen LogP contribution in [0, 0.1) is 13.8 Å². The highest BCUT2D eigenvalue weighted by Gasteiger charge is 2.50. The third kappa shape index (κ3) is 5.24. The van der Waals surface area contributed by atoms with Gasteiger partial charge in [-0.2, -0.15) is 0 Å². The molecule has 3 aliphatic heterocycles. The standard InChI is InChI=1S/C50H39B2N3O/c1-32-22-26-41-45(28-32)55-44-21-13-12-20-40(44)51-48-39(31-47-49(50(48)55)52(41)42-27-23-33(2)29-46(42)56-47)38-25-24-37(30-43(38)53-34-14-6-3-7-15-34)54(35-16-8-4-9-17-35)36-18-10-5-11-19-36/h3-30,47,51,53H,31H2,1-2H3. The van der Waals surface area contributed by atoms with E-state index in [9.17, 15) is 0 Å². The van der Waals surface area contributed by atoms with Crippen molar-refractivity contribution in [2.24, 2.45) is 0 Å². The van der Waals surface area contributed by atoms with E-state index in [2.05, 4.69) is 199 Å². The van der Waals surface area contributed by atoms with Crippen LogP contribution in [0.2, 0.25) is 0 Å². The first-order valence-corrected chi connectivity index (χ1v) is 19.7. The van der Waals surface area contributed by atoms with Crippen LogP contribution in [-0.2, 0) is 0 Å². The van der Waals surface area contributed by atoms with Gasteiger partial charge in [0, 0.05) is 57.5 Å². The second-order valence-electron chi connectivity index (χ2n) is 15.5. The lowest BCUT2D eigenvalue weighted by atomic mass is 9.31. The highest BCUT2D eigenvalue weighted by atomic mass is 16.5. The van der Waals surface area contributed by atoms with Crippen molar-refractivity contribution in [2.45, 2.75) is 26.4 Å². The van der Waals surface area contributed by atoms with Gasteiger partial charge >= 0.3 is 0 Å². The van der Waals surface area contributed by atoms with Crippen molar-refractivity contribution in [3.05, 3.63) is 203 Å². The zero-order valence-electron chi connectivity index (χ0n) is 31.5. The molecule has 6 heteroatoms. The zero-order chi connectivity index (χ0) is 37.3. The fourth-order valence-electron chi connectivity index (χ4n) is 9.53. The predicted molar refractivity (Wildman–Crippen MR) is 237 cm³/mol. The Labute approximate surface area is 329 Å². The van der Waals surface area contributed by atoms with Crippen molar-refractivity contribution in [1.29, 1.82) is 0 Å². The second-order valence-corrected chi connectivity index (χ2v) is 15.5. The summed E-state index contributed by atoms with van der Waals surface area (Å²) in [5, 5.41) is 3.90. The summed E-state index contributed by atoms with van der Waals surface area (Å²) in [7, 11) is 0.856. The van der Waals surface area contributed by atoms with Crippen molar-refractivity contribution >= 4 is 75.8 Å². The highest BCUT2D eigenvalue weighted by molar-refractivity contribution is 6.94. The smallest absolute Gasteiger partial charge is 0.251 e. The van der Waals surface area contributed by atoms with Crippen molar-refractivity contribution in [1.82, 2.24) is 0 Å². The van der Waals surface area contributed by atoms with E-state index < -0.39 is 0 Å². The first-order chi connectivity index (χ1) is 27.6. The third-order valence-electron chi connectivity index (χ3n) is 11.9. The van der Waals surface area contributed by atoms with Crippen molar-refractivity contribution < 1.29 is 4.74 Å². The minimum Gasteiger partial charge on any atom is -0.487 e. The van der Waals surface area contributed by atoms with E-state index in [1.807, 2.05) is 0 Å². The third-order valence-corrected chi connectivity index (χ3v) is 11.9. The van der Waals surface area contributed by atoms with E-state index >= 15 is 0 Å². The Balaban J connectivity index is 1.17. The number of para-hydroxylation sites is 4. The molecular weight excluding hydrogens is 680 g/mol. The first-order valence-electron chi connectivity index (χ1n) is 19.7. The number of rotatable bonds is 6. The van der Waals surface area contributed by atoms with E-state index in [0.29, 0.717) is 0 Å². The lowest BCUT2D eigenvalue weighted by molar-refractivity contribution is 0.245. The monoisotopic (exact) mass is 719 g/mol. The molecule has 11 rings (SSSR count). The van der Waals surface area contributed by atoms with Gasteiger partial charge < -0.3 is 19.9 Å². The van der Waals surface area contributed by atoms with Crippen LogP contribution in [0.15, 0.2) is 187 Å². The molecule has 1 unspecified atom stereocenters. The molecule has 0 saturated heterocycles. The molecule has 266 valence electrons. The zero-order valence-corrected chi connectivity index (χ0v) is 31.5. The van der Waals surface area contributed by atoms with Gasteiger partial charge in [-0.3, -0.25) is 0 Å². The van der Waals surface area contributed by atoms with E-state index in [-0.39, 0.29) is 12.8 Å². The van der Waals surface area contributed by atoms with Gasteiger partial charge in [-0.25, -0.2) is 0 Å². The molecule has 0 bridgehead atoms. The van der Waals surface area contributed by atoms with E-state index in [4.69, 9.17) is 4.74 Å². The van der Waals surface area contributed by atoms with Gasteiger partial charge in [0.1, 0.15) is 11.9 Å². The van der Waals surface area contributed by atoms with Gasteiger partial charge in [-0.15, -0.1) is 0 Å². The molecule has 0 radical (unpaired) electrons. The minimum absolute atomic E-state index is 0.111. The van der Waals surface area contributed by atoms with Crippen LogP contribution in [0.4, 0.5) is 39.8 Å². The van der Waals surface area contributed by atoms with Crippen LogP contribution in [-0.4, -0.2) is 20.1 Å². The van der Waals surface area contributed by atoms with Crippen molar-refractivity contribution in [2.75, 3.05) is 15.1 Å². The summed E-state index contributed by atoms with van der Waals surface area (Å²) in [5.41, 5.74) is 21.0. The molecule has 56 heavy (non-hydrogen) atoms. The van der Waals surface area contributed by atoms with Gasteiger partial charge in [0.2, 0.25) is 0 Å². The molecule has 1 aliphatic carbocycles. The number of aryl methyl sites for hydroxylation is 2.